The van der Waals surface area contributed by atoms with E-state index in [1.54, 1.807) is 16.4 Å². The maximum Gasteiger partial charge on any atom is 0.243 e. The van der Waals surface area contributed by atoms with Crippen LogP contribution in [0, 0.1) is 19.8 Å². The molecule has 1 unspecified atom stereocenters. The van der Waals surface area contributed by atoms with E-state index in [4.69, 9.17) is 5.84 Å². The summed E-state index contributed by atoms with van der Waals surface area (Å²) in [5, 5.41) is 0. The van der Waals surface area contributed by atoms with Gasteiger partial charge < -0.3 is 5.43 Å². The third-order valence-corrected chi connectivity index (χ3v) is 6.34. The third kappa shape index (κ3) is 3.22. The molecule has 21 heavy (non-hydrogen) atoms. The Balaban J connectivity index is 2.33. The Hall–Kier alpha value is -1.11. The van der Waals surface area contributed by atoms with Crippen LogP contribution in [0.15, 0.2) is 17.0 Å². The number of nitrogens with two attached hydrogens (primary N) is 1. The zero-order valence-electron chi connectivity index (χ0n) is 13.0. The van der Waals surface area contributed by atoms with Gasteiger partial charge in [-0.3, -0.25) is 5.84 Å². The topological polar surface area (TPSA) is 75.4 Å². The number of hydrogen-bond acceptors (Lipinski definition) is 4. The lowest BCUT2D eigenvalue weighted by Gasteiger charge is -2.20. The number of nitrogen functional groups attached to an aromatic ring is 1. The highest BCUT2D eigenvalue weighted by Gasteiger charge is 2.33. The summed E-state index contributed by atoms with van der Waals surface area (Å²) < 4.78 is 27.4. The van der Waals surface area contributed by atoms with Crippen molar-refractivity contribution >= 4 is 15.7 Å². The van der Waals surface area contributed by atoms with Crippen LogP contribution in [0.1, 0.15) is 37.3 Å². The summed E-state index contributed by atoms with van der Waals surface area (Å²) in [5.41, 5.74) is 4.78. The summed E-state index contributed by atoms with van der Waals surface area (Å²) in [4.78, 5) is 0.429. The van der Waals surface area contributed by atoms with Crippen molar-refractivity contribution in [2.45, 2.75) is 44.9 Å². The van der Waals surface area contributed by atoms with E-state index in [1.165, 1.54) is 0 Å². The van der Waals surface area contributed by atoms with Gasteiger partial charge in [-0.05, 0) is 55.9 Å². The van der Waals surface area contributed by atoms with Crippen molar-refractivity contribution in [1.82, 2.24) is 4.31 Å². The molecular formula is C15H25N3O2S. The van der Waals surface area contributed by atoms with Crippen LogP contribution in [0.3, 0.4) is 0 Å². The summed E-state index contributed by atoms with van der Waals surface area (Å²) in [6.07, 6.45) is 3.17. The average Bonchev–Trinajstić information content (AvgIpc) is 2.87. The van der Waals surface area contributed by atoms with Gasteiger partial charge in [-0.25, -0.2) is 8.42 Å². The Kier molecular flexibility index (Phi) is 4.91. The van der Waals surface area contributed by atoms with Crippen molar-refractivity contribution in [2.75, 3.05) is 18.5 Å². The molecule has 1 aliphatic heterocycles. The summed E-state index contributed by atoms with van der Waals surface area (Å²) in [5.74, 6) is 5.91. The van der Waals surface area contributed by atoms with E-state index in [0.717, 1.165) is 36.1 Å². The van der Waals surface area contributed by atoms with Gasteiger partial charge in [0.25, 0.3) is 0 Å². The summed E-state index contributed by atoms with van der Waals surface area (Å²) >= 11 is 0. The van der Waals surface area contributed by atoms with Crippen LogP contribution in [-0.2, 0) is 10.0 Å². The molecule has 2 rings (SSSR count). The largest absolute Gasteiger partial charge is 0.324 e. The normalized spacial score (nSPS) is 19.9. The molecule has 0 radical (unpaired) electrons. The van der Waals surface area contributed by atoms with Gasteiger partial charge in [0.2, 0.25) is 10.0 Å². The molecule has 0 amide bonds. The first kappa shape index (κ1) is 16.3. The first-order chi connectivity index (χ1) is 9.90. The fourth-order valence-corrected chi connectivity index (χ4v) is 5.17. The Morgan fingerprint density at radius 3 is 2.48 bits per heavy atom. The minimum absolute atomic E-state index is 0.429. The molecule has 0 aromatic heterocycles. The third-order valence-electron chi connectivity index (χ3n) is 4.17. The van der Waals surface area contributed by atoms with Gasteiger partial charge in [0.05, 0.1) is 4.90 Å². The molecule has 3 N–H and O–H groups in total. The zero-order valence-corrected chi connectivity index (χ0v) is 13.8. The monoisotopic (exact) mass is 311 g/mol. The Morgan fingerprint density at radius 1 is 1.33 bits per heavy atom. The maximum absolute atomic E-state index is 12.9. The molecule has 1 heterocycles. The molecule has 0 saturated carbocycles. The molecule has 6 heteroatoms. The Labute approximate surface area is 127 Å². The van der Waals surface area contributed by atoms with Crippen LogP contribution in [0.5, 0.6) is 0 Å². The molecule has 1 saturated heterocycles. The molecule has 1 aromatic carbocycles. The molecular weight excluding hydrogens is 286 g/mol. The van der Waals surface area contributed by atoms with Crippen molar-refractivity contribution in [3.05, 3.63) is 23.3 Å². The van der Waals surface area contributed by atoms with Crippen LogP contribution in [-0.4, -0.2) is 25.8 Å². The average molecular weight is 311 g/mol. The predicted octanol–water partition coefficient (Wildman–Crippen LogP) is 2.40. The molecule has 0 bridgehead atoms. The van der Waals surface area contributed by atoms with Crippen molar-refractivity contribution in [3.63, 3.8) is 0 Å². The van der Waals surface area contributed by atoms with E-state index in [0.29, 0.717) is 23.9 Å². The minimum Gasteiger partial charge on any atom is -0.324 e. The Bertz CT molecular complexity index is 590. The molecule has 0 spiro atoms. The lowest BCUT2D eigenvalue weighted by atomic mass is 10.0. The highest BCUT2D eigenvalue weighted by Crippen LogP contribution is 2.31. The van der Waals surface area contributed by atoms with Crippen LogP contribution >= 0.6 is 0 Å². The number of anilines is 1. The summed E-state index contributed by atoms with van der Waals surface area (Å²) in [6, 6.07) is 3.55. The lowest BCUT2D eigenvalue weighted by molar-refractivity contribution is 0.444. The molecule has 0 aliphatic carbocycles. The van der Waals surface area contributed by atoms with Crippen LogP contribution in [0.2, 0.25) is 0 Å². The zero-order chi connectivity index (χ0) is 15.6. The Morgan fingerprint density at radius 2 is 1.95 bits per heavy atom. The van der Waals surface area contributed by atoms with Crippen LogP contribution in [0.4, 0.5) is 5.69 Å². The molecule has 1 atom stereocenters. The van der Waals surface area contributed by atoms with Crippen LogP contribution < -0.4 is 11.3 Å². The molecule has 1 aromatic rings. The fraction of sp³-hybridized carbons (Fsp3) is 0.600. The molecule has 1 fully saturated rings. The second-order valence-corrected chi connectivity index (χ2v) is 7.76. The summed E-state index contributed by atoms with van der Waals surface area (Å²) in [7, 11) is -3.41. The van der Waals surface area contributed by atoms with Gasteiger partial charge in [0, 0.05) is 18.8 Å². The standard InChI is InChI=1S/C15H25N3O2S/c1-4-5-13-6-7-18(10-13)21(19,20)15-11(2)8-14(17-16)9-12(15)3/h8-9,13,17H,4-7,10,16H2,1-3H3. The second kappa shape index (κ2) is 6.34. The number of rotatable bonds is 5. The minimum atomic E-state index is -3.41. The number of nitrogens with one attached hydrogen (secondary N) is 1. The quantitative estimate of drug-likeness (QED) is 0.647. The maximum atomic E-state index is 12.9. The number of hydrogen-bond donors (Lipinski definition) is 2. The fourth-order valence-electron chi connectivity index (χ4n) is 3.23. The van der Waals surface area contributed by atoms with Gasteiger partial charge in [-0.2, -0.15) is 4.31 Å². The first-order valence-corrected chi connectivity index (χ1v) is 8.92. The van der Waals surface area contributed by atoms with Gasteiger partial charge in [0.15, 0.2) is 0 Å². The molecule has 1 aliphatic rings. The van der Waals surface area contributed by atoms with E-state index >= 15 is 0 Å². The van der Waals surface area contributed by atoms with E-state index in [-0.39, 0.29) is 0 Å². The predicted molar refractivity (Wildman–Crippen MR) is 85.5 cm³/mol. The molecule has 5 nitrogen and oxygen atoms in total. The number of benzene rings is 1. The number of nitrogens with zero attached hydrogens (tertiary/aromatic N) is 1. The number of sulfonamides is 1. The van der Waals surface area contributed by atoms with Gasteiger partial charge in [-0.1, -0.05) is 13.3 Å². The molecule has 118 valence electrons. The highest BCUT2D eigenvalue weighted by molar-refractivity contribution is 7.89. The van der Waals surface area contributed by atoms with Crippen LogP contribution in [0.25, 0.3) is 0 Å². The summed E-state index contributed by atoms with van der Waals surface area (Å²) in [6.45, 7) is 7.05. The SMILES string of the molecule is CCCC1CCN(S(=O)(=O)c2c(C)cc(NN)cc2C)C1. The second-order valence-electron chi connectivity index (χ2n) is 5.89. The van der Waals surface area contributed by atoms with E-state index < -0.39 is 10.0 Å². The van der Waals surface area contributed by atoms with Gasteiger partial charge in [0.1, 0.15) is 0 Å². The van der Waals surface area contributed by atoms with Crippen molar-refractivity contribution < 1.29 is 8.42 Å². The first-order valence-electron chi connectivity index (χ1n) is 7.48. The number of hydrazine groups is 1. The lowest BCUT2D eigenvalue weighted by Crippen LogP contribution is -2.30. The van der Waals surface area contributed by atoms with E-state index in [9.17, 15) is 8.42 Å². The van der Waals surface area contributed by atoms with E-state index in [1.807, 2.05) is 13.8 Å². The number of aryl methyl sites for hydroxylation is 2. The smallest absolute Gasteiger partial charge is 0.243 e. The van der Waals surface area contributed by atoms with Crippen molar-refractivity contribution in [1.29, 1.82) is 0 Å². The highest BCUT2D eigenvalue weighted by atomic mass is 32.2. The van der Waals surface area contributed by atoms with E-state index in [2.05, 4.69) is 12.3 Å². The van der Waals surface area contributed by atoms with Gasteiger partial charge >= 0.3 is 0 Å². The van der Waals surface area contributed by atoms with Gasteiger partial charge in [-0.15, -0.1) is 0 Å². The van der Waals surface area contributed by atoms with Crippen molar-refractivity contribution in [2.24, 2.45) is 11.8 Å². The van der Waals surface area contributed by atoms with Crippen molar-refractivity contribution in [3.8, 4) is 0 Å².